The number of nitrogens with one attached hydrogen (secondary N) is 1. The van der Waals surface area contributed by atoms with E-state index in [1.165, 1.54) is 22.5 Å². The Morgan fingerprint density at radius 3 is 2.28 bits per heavy atom. The van der Waals surface area contributed by atoms with Crippen molar-refractivity contribution in [3.05, 3.63) is 98.7 Å². The molecule has 0 bridgehead atoms. The molecule has 3 aromatic carbocycles. The van der Waals surface area contributed by atoms with Crippen LogP contribution in [0.3, 0.4) is 0 Å². The third-order valence-corrected chi connectivity index (χ3v) is 7.32. The number of hydrogen-bond acceptors (Lipinski definition) is 4. The van der Waals surface area contributed by atoms with Crippen molar-refractivity contribution in [1.29, 1.82) is 0 Å². The molecular weight excluding hydrogens is 450 g/mol. The van der Waals surface area contributed by atoms with Gasteiger partial charge in [0.05, 0.1) is 32.2 Å². The molecule has 4 aromatic rings. The van der Waals surface area contributed by atoms with Gasteiger partial charge < -0.3 is 4.98 Å². The van der Waals surface area contributed by atoms with Gasteiger partial charge in [0.25, 0.3) is 15.6 Å². The minimum absolute atomic E-state index is 0.0125. The average Bonchev–Trinajstić information content (AvgIpc) is 2.75. The monoisotopic (exact) mass is 469 g/mol. The van der Waals surface area contributed by atoms with Crippen LogP contribution in [0.4, 0.5) is 5.69 Å². The summed E-state index contributed by atoms with van der Waals surface area (Å²) < 4.78 is 29.3. The zero-order chi connectivity index (χ0) is 23.0. The SMILES string of the molecule is CC(C)N(c1ccccc1)S(=O)(=O)c1ccc(Cl)c(-n2c(=O)[nH]c3ccccc3c2=O)c1. The van der Waals surface area contributed by atoms with Crippen molar-refractivity contribution in [3.8, 4) is 5.69 Å². The standard InChI is InChI=1S/C23H20ClN3O4S/c1-15(2)27(16-8-4-3-5-9-16)32(30,31)17-12-13-19(24)21(14-17)26-22(28)18-10-6-7-11-20(18)25-23(26)29/h3-15H,1-2H3,(H,25,29). The van der Waals surface area contributed by atoms with Gasteiger partial charge in [-0.15, -0.1) is 0 Å². The number of rotatable bonds is 5. The molecule has 0 aliphatic rings. The number of halogens is 1. The number of para-hydroxylation sites is 2. The molecule has 0 unspecified atom stereocenters. The van der Waals surface area contributed by atoms with E-state index in [9.17, 15) is 18.0 Å². The lowest BCUT2D eigenvalue weighted by Crippen LogP contribution is -2.37. The maximum absolute atomic E-state index is 13.6. The molecule has 0 amide bonds. The van der Waals surface area contributed by atoms with Crippen molar-refractivity contribution in [1.82, 2.24) is 9.55 Å². The molecule has 0 spiro atoms. The van der Waals surface area contributed by atoms with E-state index < -0.39 is 21.3 Å². The number of aromatic nitrogens is 2. The van der Waals surface area contributed by atoms with Crippen molar-refractivity contribution in [3.63, 3.8) is 0 Å². The number of hydrogen-bond donors (Lipinski definition) is 1. The first-order valence-electron chi connectivity index (χ1n) is 9.85. The molecule has 9 heteroatoms. The van der Waals surface area contributed by atoms with Gasteiger partial charge >= 0.3 is 5.69 Å². The van der Waals surface area contributed by atoms with Gasteiger partial charge in [-0.3, -0.25) is 9.10 Å². The Bertz CT molecular complexity index is 1530. The normalized spacial score (nSPS) is 11.8. The van der Waals surface area contributed by atoms with E-state index in [-0.39, 0.29) is 27.0 Å². The molecule has 0 aliphatic carbocycles. The van der Waals surface area contributed by atoms with E-state index in [2.05, 4.69) is 4.98 Å². The largest absolute Gasteiger partial charge is 0.333 e. The Morgan fingerprint density at radius 1 is 0.938 bits per heavy atom. The highest BCUT2D eigenvalue weighted by Crippen LogP contribution is 2.29. The first-order valence-corrected chi connectivity index (χ1v) is 11.7. The summed E-state index contributed by atoms with van der Waals surface area (Å²) in [4.78, 5) is 28.3. The third kappa shape index (κ3) is 3.72. The van der Waals surface area contributed by atoms with Gasteiger partial charge in [-0.2, -0.15) is 0 Å². The summed E-state index contributed by atoms with van der Waals surface area (Å²) in [5, 5.41) is 0.354. The predicted molar refractivity (Wildman–Crippen MR) is 126 cm³/mol. The molecule has 0 fully saturated rings. The Labute approximate surface area is 189 Å². The van der Waals surface area contributed by atoms with Gasteiger partial charge in [0.1, 0.15) is 0 Å². The second kappa shape index (κ2) is 8.29. The van der Waals surface area contributed by atoms with E-state index in [0.717, 1.165) is 4.57 Å². The molecule has 0 atom stereocenters. The maximum Gasteiger partial charge on any atom is 0.333 e. The molecule has 1 aromatic heterocycles. The molecule has 164 valence electrons. The highest BCUT2D eigenvalue weighted by Gasteiger charge is 2.28. The second-order valence-corrected chi connectivity index (χ2v) is 9.68. The van der Waals surface area contributed by atoms with Crippen LogP contribution in [0.2, 0.25) is 5.02 Å². The fraction of sp³-hybridized carbons (Fsp3) is 0.130. The van der Waals surface area contributed by atoms with E-state index >= 15 is 0 Å². The number of H-pyrrole nitrogens is 1. The number of fused-ring (bicyclic) bond motifs is 1. The summed E-state index contributed by atoms with van der Waals surface area (Å²) >= 11 is 6.31. The molecule has 7 nitrogen and oxygen atoms in total. The molecule has 0 radical (unpaired) electrons. The molecule has 0 aliphatic heterocycles. The van der Waals surface area contributed by atoms with E-state index in [1.807, 2.05) is 0 Å². The molecule has 0 saturated carbocycles. The van der Waals surface area contributed by atoms with Gasteiger partial charge in [0.2, 0.25) is 0 Å². The highest BCUT2D eigenvalue weighted by atomic mass is 35.5. The van der Waals surface area contributed by atoms with Crippen LogP contribution in [0.5, 0.6) is 0 Å². The van der Waals surface area contributed by atoms with Crippen LogP contribution in [-0.4, -0.2) is 24.0 Å². The second-order valence-electron chi connectivity index (χ2n) is 7.46. The number of nitrogens with zero attached hydrogens (tertiary/aromatic N) is 2. The molecule has 1 heterocycles. The molecule has 4 rings (SSSR count). The third-order valence-electron chi connectivity index (χ3n) is 5.00. The smallest absolute Gasteiger partial charge is 0.306 e. The lowest BCUT2D eigenvalue weighted by molar-refractivity contribution is 0.584. The Kier molecular flexibility index (Phi) is 5.66. The van der Waals surface area contributed by atoms with Gasteiger partial charge in [0, 0.05) is 6.04 Å². The van der Waals surface area contributed by atoms with Crippen LogP contribution in [0.25, 0.3) is 16.6 Å². The summed E-state index contributed by atoms with van der Waals surface area (Å²) in [5.74, 6) is 0. The van der Waals surface area contributed by atoms with Crippen LogP contribution in [0, 0.1) is 0 Å². The lowest BCUT2D eigenvalue weighted by atomic mass is 10.2. The van der Waals surface area contributed by atoms with Crippen LogP contribution >= 0.6 is 11.6 Å². The van der Waals surface area contributed by atoms with Crippen LogP contribution in [0.1, 0.15) is 13.8 Å². The first-order chi connectivity index (χ1) is 15.2. The number of aromatic amines is 1. The van der Waals surface area contributed by atoms with E-state index in [4.69, 9.17) is 11.6 Å². The highest BCUT2D eigenvalue weighted by molar-refractivity contribution is 7.92. The van der Waals surface area contributed by atoms with Gasteiger partial charge in [-0.25, -0.2) is 17.8 Å². The van der Waals surface area contributed by atoms with Crippen molar-refractivity contribution in [2.75, 3.05) is 4.31 Å². The molecule has 0 saturated heterocycles. The number of benzene rings is 3. The summed E-state index contributed by atoms with van der Waals surface area (Å²) in [6, 6.07) is 18.9. The summed E-state index contributed by atoms with van der Waals surface area (Å²) in [7, 11) is -4.02. The van der Waals surface area contributed by atoms with Crippen LogP contribution in [0.15, 0.2) is 87.3 Å². The Hall–Kier alpha value is -3.36. The molecular formula is C23H20ClN3O4S. The molecule has 32 heavy (non-hydrogen) atoms. The summed E-state index contributed by atoms with van der Waals surface area (Å²) in [6.07, 6.45) is 0. The zero-order valence-electron chi connectivity index (χ0n) is 17.3. The van der Waals surface area contributed by atoms with Gasteiger partial charge in [-0.05, 0) is 56.3 Å². The fourth-order valence-electron chi connectivity index (χ4n) is 3.61. The average molecular weight is 470 g/mol. The minimum Gasteiger partial charge on any atom is -0.306 e. The van der Waals surface area contributed by atoms with Gasteiger partial charge in [0.15, 0.2) is 0 Å². The summed E-state index contributed by atoms with van der Waals surface area (Å²) in [6.45, 7) is 3.53. The van der Waals surface area contributed by atoms with Crippen molar-refractivity contribution in [2.24, 2.45) is 0 Å². The topological polar surface area (TPSA) is 92.2 Å². The molecule has 1 N–H and O–H groups in total. The summed E-state index contributed by atoms with van der Waals surface area (Å²) in [5.41, 5.74) is -0.437. The zero-order valence-corrected chi connectivity index (χ0v) is 18.9. The van der Waals surface area contributed by atoms with E-state index in [0.29, 0.717) is 11.2 Å². The van der Waals surface area contributed by atoms with Crippen molar-refractivity contribution >= 4 is 38.2 Å². The van der Waals surface area contributed by atoms with Crippen LogP contribution < -0.4 is 15.6 Å². The first kappa shape index (κ1) is 21.9. The number of sulfonamides is 1. The predicted octanol–water partition coefficient (Wildman–Crippen LogP) is 3.94. The number of anilines is 1. The van der Waals surface area contributed by atoms with Crippen molar-refractivity contribution < 1.29 is 8.42 Å². The maximum atomic E-state index is 13.6. The van der Waals surface area contributed by atoms with E-state index in [1.54, 1.807) is 68.4 Å². The Morgan fingerprint density at radius 2 is 1.59 bits per heavy atom. The minimum atomic E-state index is -4.02. The Balaban J connectivity index is 1.94. The fourth-order valence-corrected chi connectivity index (χ4v) is 5.49. The lowest BCUT2D eigenvalue weighted by Gasteiger charge is -2.28. The van der Waals surface area contributed by atoms with Gasteiger partial charge in [-0.1, -0.05) is 41.9 Å². The van der Waals surface area contributed by atoms with Crippen LogP contribution in [-0.2, 0) is 10.0 Å². The van der Waals surface area contributed by atoms with Crippen molar-refractivity contribution in [2.45, 2.75) is 24.8 Å². The quantitative estimate of drug-likeness (QED) is 0.479.